The standard InChI is InChI=1S/C26H25ClFN3O3S/c1-15-22(16-3-2-4-17(11-16)25(34)35)18-5-6-19(27)23(28)24(18)31(15)13-21(33)30-9-7-26(8-10-30)12-20(32)29-14-26/h2-6,11H,7-10,12-14H2,1H3,(H,29,32)(H,34,35). The van der Waals surface area contributed by atoms with Gasteiger partial charge < -0.3 is 14.8 Å². The van der Waals surface area contributed by atoms with Crippen LogP contribution in [0.3, 0.4) is 0 Å². The molecule has 0 unspecified atom stereocenters. The third kappa shape index (κ3) is 4.23. The lowest BCUT2D eigenvalue weighted by atomic mass is 9.77. The Bertz CT molecular complexity index is 1380. The monoisotopic (exact) mass is 513 g/mol. The number of benzene rings is 2. The predicted octanol–water partition coefficient (Wildman–Crippen LogP) is 4.61. The Balaban J connectivity index is 1.50. The maximum Gasteiger partial charge on any atom is 0.242 e. The number of thiol groups is 1. The molecule has 0 radical (unpaired) electrons. The third-order valence-corrected chi connectivity index (χ3v) is 7.99. The van der Waals surface area contributed by atoms with Crippen molar-refractivity contribution in [1.29, 1.82) is 0 Å². The van der Waals surface area contributed by atoms with Crippen molar-refractivity contribution in [2.75, 3.05) is 19.6 Å². The van der Waals surface area contributed by atoms with Gasteiger partial charge in [-0.05, 0) is 42.9 Å². The van der Waals surface area contributed by atoms with Crippen molar-refractivity contribution in [3.05, 3.63) is 58.5 Å². The summed E-state index contributed by atoms with van der Waals surface area (Å²) in [6.07, 6.45) is 2.04. The Kier molecular flexibility index (Phi) is 6.13. The Hall–Kier alpha value is -2.84. The lowest BCUT2D eigenvalue weighted by Crippen LogP contribution is -2.45. The van der Waals surface area contributed by atoms with Crippen LogP contribution in [-0.2, 0) is 16.1 Å². The summed E-state index contributed by atoms with van der Waals surface area (Å²) in [6.45, 7) is 3.60. The minimum Gasteiger partial charge on any atom is -0.356 e. The number of nitrogens with one attached hydrogen (secondary N) is 1. The molecule has 2 aliphatic heterocycles. The zero-order valence-electron chi connectivity index (χ0n) is 19.2. The number of carbonyl (C=O) groups excluding carboxylic acids is 3. The van der Waals surface area contributed by atoms with Gasteiger partial charge in [0.2, 0.25) is 16.9 Å². The molecule has 2 saturated heterocycles. The quantitative estimate of drug-likeness (QED) is 0.501. The first kappa shape index (κ1) is 23.9. The number of nitrogens with zero attached hydrogens (tertiary/aromatic N) is 2. The second kappa shape index (κ2) is 8.99. The smallest absolute Gasteiger partial charge is 0.242 e. The maximum atomic E-state index is 15.3. The van der Waals surface area contributed by atoms with Gasteiger partial charge in [0.15, 0.2) is 5.82 Å². The highest BCUT2D eigenvalue weighted by molar-refractivity contribution is 7.97. The summed E-state index contributed by atoms with van der Waals surface area (Å²) in [6, 6.07) is 10.2. The van der Waals surface area contributed by atoms with E-state index in [-0.39, 0.29) is 39.4 Å². The van der Waals surface area contributed by atoms with E-state index in [1.54, 1.807) is 33.7 Å². The molecule has 9 heteroatoms. The van der Waals surface area contributed by atoms with Crippen molar-refractivity contribution >= 4 is 52.1 Å². The van der Waals surface area contributed by atoms with Gasteiger partial charge >= 0.3 is 0 Å². The number of amides is 2. The van der Waals surface area contributed by atoms with Crippen molar-refractivity contribution in [2.45, 2.75) is 32.7 Å². The second-order valence-corrected chi connectivity index (χ2v) is 10.3. The molecule has 2 aliphatic rings. The van der Waals surface area contributed by atoms with Crippen molar-refractivity contribution < 1.29 is 18.8 Å². The van der Waals surface area contributed by atoms with E-state index in [9.17, 15) is 14.4 Å². The Labute approximate surface area is 212 Å². The molecule has 0 saturated carbocycles. The zero-order chi connectivity index (χ0) is 24.9. The van der Waals surface area contributed by atoms with Crippen LogP contribution in [0.4, 0.5) is 4.39 Å². The first-order valence-electron chi connectivity index (χ1n) is 11.5. The molecule has 0 aliphatic carbocycles. The number of rotatable bonds is 4. The van der Waals surface area contributed by atoms with Gasteiger partial charge in [0.05, 0.1) is 10.5 Å². The number of fused-ring (bicyclic) bond motifs is 1. The van der Waals surface area contributed by atoms with Gasteiger partial charge in [-0.3, -0.25) is 14.4 Å². The summed E-state index contributed by atoms with van der Waals surface area (Å²) in [7, 11) is 0. The van der Waals surface area contributed by atoms with Crippen molar-refractivity contribution in [3.63, 3.8) is 0 Å². The van der Waals surface area contributed by atoms with E-state index < -0.39 is 5.82 Å². The van der Waals surface area contributed by atoms with E-state index in [0.717, 1.165) is 24.0 Å². The molecule has 35 heavy (non-hydrogen) atoms. The van der Waals surface area contributed by atoms with E-state index in [2.05, 4.69) is 17.9 Å². The van der Waals surface area contributed by atoms with Crippen molar-refractivity contribution in [1.82, 2.24) is 14.8 Å². The molecule has 3 aromatic rings. The van der Waals surface area contributed by atoms with Crippen LogP contribution < -0.4 is 5.32 Å². The molecular weight excluding hydrogens is 489 g/mol. The largest absolute Gasteiger partial charge is 0.356 e. The molecular formula is C26H25ClFN3O3S. The molecule has 182 valence electrons. The number of piperidine rings is 1. The van der Waals surface area contributed by atoms with E-state index in [0.29, 0.717) is 42.7 Å². The molecule has 5 rings (SSSR count). The van der Waals surface area contributed by atoms with E-state index in [1.165, 1.54) is 6.07 Å². The molecule has 0 bridgehead atoms. The van der Waals surface area contributed by atoms with Crippen LogP contribution in [0.5, 0.6) is 0 Å². The third-order valence-electron chi connectivity index (χ3n) is 7.44. The summed E-state index contributed by atoms with van der Waals surface area (Å²) in [4.78, 5) is 38.7. The number of hydrogen-bond acceptors (Lipinski definition) is 3. The van der Waals surface area contributed by atoms with Gasteiger partial charge in [-0.1, -0.05) is 35.9 Å². The summed E-state index contributed by atoms with van der Waals surface area (Å²) in [5.41, 5.74) is 2.81. The van der Waals surface area contributed by atoms with E-state index >= 15 is 4.39 Å². The fraction of sp³-hybridized carbons (Fsp3) is 0.346. The Morgan fingerprint density at radius 1 is 1.20 bits per heavy atom. The summed E-state index contributed by atoms with van der Waals surface area (Å²) in [5, 5.41) is 3.14. The molecule has 6 nitrogen and oxygen atoms in total. The average molecular weight is 514 g/mol. The molecule has 2 fully saturated rings. The first-order valence-corrected chi connectivity index (χ1v) is 12.4. The number of halogens is 2. The summed E-state index contributed by atoms with van der Waals surface area (Å²) >= 11 is 10.1. The first-order chi connectivity index (χ1) is 16.7. The molecule has 1 N–H and O–H groups in total. The predicted molar refractivity (Wildman–Crippen MR) is 136 cm³/mol. The number of hydrogen-bond donors (Lipinski definition) is 2. The number of aromatic nitrogens is 1. The fourth-order valence-electron chi connectivity index (χ4n) is 5.44. The van der Waals surface area contributed by atoms with Gasteiger partial charge in [0.25, 0.3) is 0 Å². The topological polar surface area (TPSA) is 71.4 Å². The molecule has 1 spiro atoms. The van der Waals surface area contributed by atoms with Crippen LogP contribution >= 0.6 is 24.2 Å². The lowest BCUT2D eigenvalue weighted by Gasteiger charge is -2.38. The van der Waals surface area contributed by atoms with Crippen LogP contribution in [0.15, 0.2) is 36.4 Å². The highest BCUT2D eigenvalue weighted by atomic mass is 35.5. The Morgan fingerprint density at radius 2 is 1.94 bits per heavy atom. The summed E-state index contributed by atoms with van der Waals surface area (Å²) < 4.78 is 17.0. The van der Waals surface area contributed by atoms with Crippen molar-refractivity contribution in [2.24, 2.45) is 5.41 Å². The fourth-order valence-corrected chi connectivity index (χ4v) is 5.74. The van der Waals surface area contributed by atoms with E-state index in [4.69, 9.17) is 11.6 Å². The van der Waals surface area contributed by atoms with Crippen LogP contribution in [0.25, 0.3) is 22.0 Å². The number of carbonyl (C=O) groups is 3. The molecule has 1 aromatic heterocycles. The average Bonchev–Trinajstić information content (AvgIpc) is 3.33. The van der Waals surface area contributed by atoms with Crippen LogP contribution in [0.1, 0.15) is 35.3 Å². The highest BCUT2D eigenvalue weighted by Gasteiger charge is 2.41. The minimum atomic E-state index is -0.583. The van der Waals surface area contributed by atoms with Gasteiger partial charge in [0.1, 0.15) is 6.54 Å². The SMILES string of the molecule is Cc1c(-c2cccc(C(=O)S)c2)c2ccc(Cl)c(F)c2n1CC(=O)N1CCC2(CC1)CNC(=O)C2. The lowest BCUT2D eigenvalue weighted by molar-refractivity contribution is -0.134. The highest BCUT2D eigenvalue weighted by Crippen LogP contribution is 2.40. The van der Waals surface area contributed by atoms with Gasteiger partial charge in [0, 0.05) is 48.3 Å². The molecule has 2 amide bonds. The maximum absolute atomic E-state index is 15.3. The molecule has 2 aromatic carbocycles. The molecule has 3 heterocycles. The minimum absolute atomic E-state index is 0.0205. The number of likely N-dealkylation sites (tertiary alicyclic amines) is 1. The van der Waals surface area contributed by atoms with Crippen LogP contribution in [0.2, 0.25) is 5.02 Å². The normalized spacial score (nSPS) is 17.3. The summed E-state index contributed by atoms with van der Waals surface area (Å²) in [5.74, 6) is -0.619. The van der Waals surface area contributed by atoms with Crippen LogP contribution in [0, 0.1) is 18.2 Å². The molecule has 0 atom stereocenters. The van der Waals surface area contributed by atoms with Crippen molar-refractivity contribution in [3.8, 4) is 11.1 Å². The van der Waals surface area contributed by atoms with Crippen LogP contribution in [-0.4, -0.2) is 46.0 Å². The van der Waals surface area contributed by atoms with Gasteiger partial charge in [-0.25, -0.2) is 4.39 Å². The Morgan fingerprint density at radius 3 is 2.60 bits per heavy atom. The van der Waals surface area contributed by atoms with Gasteiger partial charge in [-0.2, -0.15) is 0 Å². The van der Waals surface area contributed by atoms with E-state index in [1.807, 2.05) is 13.0 Å². The van der Waals surface area contributed by atoms with Gasteiger partial charge in [-0.15, -0.1) is 12.6 Å². The second-order valence-electron chi connectivity index (χ2n) is 9.52. The zero-order valence-corrected chi connectivity index (χ0v) is 20.9.